The zero-order valence-electron chi connectivity index (χ0n) is 11.2. The Balaban J connectivity index is 2.02. The molecule has 112 valence electrons. The fourth-order valence-electron chi connectivity index (χ4n) is 2.84. The molecule has 6 nitrogen and oxygen atoms in total. The van der Waals surface area contributed by atoms with Crippen LogP contribution in [0.3, 0.4) is 0 Å². The van der Waals surface area contributed by atoms with Gasteiger partial charge in [0.1, 0.15) is 0 Å². The second-order valence-corrected chi connectivity index (χ2v) is 6.63. The van der Waals surface area contributed by atoms with Crippen molar-refractivity contribution >= 4 is 29.6 Å². The largest absolute Gasteiger partial charge is 0.481 e. The normalized spacial score (nSPS) is 30.8. The molecule has 0 aromatic heterocycles. The highest BCUT2D eigenvalue weighted by atomic mass is 32.2. The highest BCUT2D eigenvalue weighted by molar-refractivity contribution is 8.00. The third-order valence-electron chi connectivity index (χ3n) is 4.01. The molecular weight excluding hydrogens is 282 g/mol. The van der Waals surface area contributed by atoms with Crippen LogP contribution < -0.4 is 0 Å². The van der Waals surface area contributed by atoms with Crippen molar-refractivity contribution in [2.75, 3.05) is 18.8 Å². The smallest absolute Gasteiger partial charge is 0.309 e. The zero-order chi connectivity index (χ0) is 14.7. The molecule has 0 spiro atoms. The first kappa shape index (κ1) is 15.2. The number of carboxylic acid groups (broad SMARTS) is 2. The fourth-order valence-corrected chi connectivity index (χ4v) is 4.12. The molecule has 2 heterocycles. The van der Waals surface area contributed by atoms with Gasteiger partial charge in [-0.1, -0.05) is 6.42 Å². The molecule has 2 saturated heterocycles. The summed E-state index contributed by atoms with van der Waals surface area (Å²) in [7, 11) is 0. The van der Waals surface area contributed by atoms with E-state index in [2.05, 4.69) is 0 Å². The lowest BCUT2D eigenvalue weighted by Gasteiger charge is -2.36. The number of nitrogens with zero attached hydrogens (tertiary/aromatic N) is 1. The van der Waals surface area contributed by atoms with Crippen molar-refractivity contribution in [2.24, 2.45) is 11.8 Å². The Bertz CT molecular complexity index is 408. The van der Waals surface area contributed by atoms with Gasteiger partial charge < -0.3 is 15.1 Å². The molecule has 2 N–H and O–H groups in total. The first-order chi connectivity index (χ1) is 9.50. The van der Waals surface area contributed by atoms with Crippen LogP contribution in [0.15, 0.2) is 0 Å². The summed E-state index contributed by atoms with van der Waals surface area (Å²) in [5, 5.41) is 18.1. The van der Waals surface area contributed by atoms with Gasteiger partial charge in [0, 0.05) is 13.1 Å². The minimum atomic E-state index is -1.13. The van der Waals surface area contributed by atoms with Crippen molar-refractivity contribution < 1.29 is 24.6 Å². The van der Waals surface area contributed by atoms with Crippen LogP contribution in [0.1, 0.15) is 25.7 Å². The number of carboxylic acids is 2. The van der Waals surface area contributed by atoms with E-state index in [1.807, 2.05) is 0 Å². The predicted molar refractivity (Wildman–Crippen MR) is 73.5 cm³/mol. The summed E-state index contributed by atoms with van der Waals surface area (Å²) in [5.41, 5.74) is 0. The van der Waals surface area contributed by atoms with Crippen LogP contribution in [0.4, 0.5) is 0 Å². The number of piperidine rings is 1. The van der Waals surface area contributed by atoms with Crippen LogP contribution in [-0.4, -0.2) is 57.1 Å². The summed E-state index contributed by atoms with van der Waals surface area (Å²) >= 11 is 1.63. The predicted octanol–water partition coefficient (Wildman–Crippen LogP) is 0.906. The average Bonchev–Trinajstić information content (AvgIpc) is 2.46. The van der Waals surface area contributed by atoms with E-state index in [0.717, 1.165) is 25.0 Å². The average molecular weight is 301 g/mol. The van der Waals surface area contributed by atoms with Crippen molar-refractivity contribution in [3.63, 3.8) is 0 Å². The van der Waals surface area contributed by atoms with Gasteiger partial charge >= 0.3 is 11.9 Å². The molecular formula is C13H19NO5S. The van der Waals surface area contributed by atoms with E-state index in [1.165, 1.54) is 0 Å². The first-order valence-corrected chi connectivity index (χ1v) is 7.91. The van der Waals surface area contributed by atoms with E-state index in [-0.39, 0.29) is 24.1 Å². The molecule has 3 unspecified atom stereocenters. The van der Waals surface area contributed by atoms with E-state index in [1.54, 1.807) is 16.7 Å². The Hall–Kier alpha value is -1.24. The number of thioether (sulfide) groups is 1. The third kappa shape index (κ3) is 3.26. The van der Waals surface area contributed by atoms with Crippen LogP contribution in [0.2, 0.25) is 0 Å². The number of amides is 1. The lowest BCUT2D eigenvalue weighted by Crippen LogP contribution is -2.51. The van der Waals surface area contributed by atoms with Gasteiger partial charge in [-0.15, -0.1) is 11.8 Å². The van der Waals surface area contributed by atoms with E-state index in [0.29, 0.717) is 6.54 Å². The van der Waals surface area contributed by atoms with Crippen molar-refractivity contribution in [3.8, 4) is 0 Å². The van der Waals surface area contributed by atoms with Gasteiger partial charge in [0.05, 0.1) is 17.1 Å². The number of likely N-dealkylation sites (tertiary alicyclic amines) is 1. The molecule has 0 radical (unpaired) electrons. The lowest BCUT2D eigenvalue weighted by molar-refractivity contribution is -0.159. The van der Waals surface area contributed by atoms with Gasteiger partial charge in [-0.25, -0.2) is 0 Å². The van der Waals surface area contributed by atoms with Gasteiger partial charge in [-0.3, -0.25) is 14.4 Å². The van der Waals surface area contributed by atoms with Gasteiger partial charge in [-0.2, -0.15) is 0 Å². The van der Waals surface area contributed by atoms with Gasteiger partial charge in [-0.05, 0) is 25.0 Å². The third-order valence-corrected chi connectivity index (χ3v) is 5.38. The summed E-state index contributed by atoms with van der Waals surface area (Å²) in [5.74, 6) is -3.17. The van der Waals surface area contributed by atoms with Gasteiger partial charge in [0.2, 0.25) is 5.91 Å². The summed E-state index contributed by atoms with van der Waals surface area (Å²) < 4.78 is 0. The highest BCUT2D eigenvalue weighted by Gasteiger charge is 2.41. The Morgan fingerprint density at radius 2 is 1.70 bits per heavy atom. The Labute approximate surface area is 121 Å². The summed E-state index contributed by atoms with van der Waals surface area (Å²) in [4.78, 5) is 36.2. The number of carbonyl (C=O) groups is 3. The molecule has 0 aromatic carbocycles. The highest BCUT2D eigenvalue weighted by Crippen LogP contribution is 2.30. The fraction of sp³-hybridized carbons (Fsp3) is 0.769. The van der Waals surface area contributed by atoms with E-state index in [4.69, 9.17) is 10.2 Å². The molecule has 20 heavy (non-hydrogen) atoms. The maximum atomic E-state index is 12.4. The minimum Gasteiger partial charge on any atom is -0.481 e. The standard InChI is InChI=1S/C13H19NO5S/c15-11(10-3-1-2-6-20-10)14-5-4-8(12(16)17)9(7-14)13(18)19/h8-10H,1-7H2,(H,16,17)(H,18,19). The number of rotatable bonds is 3. The SMILES string of the molecule is O=C(O)C1CCN(C(=O)C2CCCCS2)CC1C(=O)O. The maximum Gasteiger partial charge on any atom is 0.309 e. The van der Waals surface area contributed by atoms with Gasteiger partial charge in [0.15, 0.2) is 0 Å². The first-order valence-electron chi connectivity index (χ1n) is 6.86. The molecule has 0 aliphatic carbocycles. The molecule has 7 heteroatoms. The number of hydrogen-bond donors (Lipinski definition) is 2. The summed E-state index contributed by atoms with van der Waals surface area (Å²) in [6, 6.07) is 0. The van der Waals surface area contributed by atoms with Crippen molar-refractivity contribution in [1.29, 1.82) is 0 Å². The summed E-state index contributed by atoms with van der Waals surface area (Å²) in [6.45, 7) is 0.360. The van der Waals surface area contributed by atoms with Crippen LogP contribution >= 0.6 is 11.8 Å². The molecule has 2 aliphatic rings. The topological polar surface area (TPSA) is 94.9 Å². The van der Waals surface area contributed by atoms with Gasteiger partial charge in [0.25, 0.3) is 0 Å². The Morgan fingerprint density at radius 1 is 1.00 bits per heavy atom. The summed E-state index contributed by atoms with van der Waals surface area (Å²) in [6.07, 6.45) is 3.19. The second kappa shape index (κ2) is 6.47. The van der Waals surface area contributed by atoms with Crippen LogP contribution in [0.5, 0.6) is 0 Å². The molecule has 1 amide bonds. The minimum absolute atomic E-state index is 0.0161. The molecule has 0 aromatic rings. The number of carbonyl (C=O) groups excluding carboxylic acids is 1. The van der Waals surface area contributed by atoms with E-state index >= 15 is 0 Å². The second-order valence-electron chi connectivity index (χ2n) is 5.32. The van der Waals surface area contributed by atoms with Crippen molar-refractivity contribution in [1.82, 2.24) is 4.90 Å². The van der Waals surface area contributed by atoms with E-state index < -0.39 is 23.8 Å². The zero-order valence-corrected chi connectivity index (χ0v) is 12.0. The van der Waals surface area contributed by atoms with E-state index in [9.17, 15) is 14.4 Å². The molecule has 0 saturated carbocycles. The lowest BCUT2D eigenvalue weighted by atomic mass is 9.85. The number of aliphatic carboxylic acids is 2. The molecule has 0 bridgehead atoms. The molecule has 2 aliphatic heterocycles. The monoisotopic (exact) mass is 301 g/mol. The number of hydrogen-bond acceptors (Lipinski definition) is 4. The van der Waals surface area contributed by atoms with Crippen molar-refractivity contribution in [2.45, 2.75) is 30.9 Å². The molecule has 2 rings (SSSR count). The molecule has 3 atom stereocenters. The molecule has 2 fully saturated rings. The Kier molecular flexibility index (Phi) is 4.91. The van der Waals surface area contributed by atoms with Crippen LogP contribution in [0.25, 0.3) is 0 Å². The van der Waals surface area contributed by atoms with Crippen LogP contribution in [0, 0.1) is 11.8 Å². The Morgan fingerprint density at radius 3 is 2.25 bits per heavy atom. The maximum absolute atomic E-state index is 12.4. The van der Waals surface area contributed by atoms with Crippen molar-refractivity contribution in [3.05, 3.63) is 0 Å². The van der Waals surface area contributed by atoms with Crippen LogP contribution in [-0.2, 0) is 14.4 Å². The quantitative estimate of drug-likeness (QED) is 0.804.